The maximum absolute atomic E-state index is 12.1. The average molecular weight is 788 g/mol. The SMILES string of the molecule is O=C(O)CCCCCCCCCCCCCCCCC(=O)CCCOCCOCC(=O)NCCCC[C@@H](C(=O)O)C1SSC2(SS1)SS2. The van der Waals surface area contributed by atoms with Crippen molar-refractivity contribution in [3.05, 3.63) is 0 Å². The number of rotatable bonds is 33. The van der Waals surface area contributed by atoms with Crippen LogP contribution in [0.4, 0.5) is 0 Å². The molecule has 48 heavy (non-hydrogen) atoms. The van der Waals surface area contributed by atoms with Crippen molar-refractivity contribution in [1.29, 1.82) is 0 Å². The standard InChI is InChI=1S/C33H57NO8S6/c35-27(18-13-11-9-7-5-3-1-2-4-6-8-10-12-14-21-30(37)38)19-17-23-41-24-25-42-26-29(36)34-22-16-15-20-28(31(39)40)32-43-45-33(46-44-32)47-48-33/h28,32H,1-26H2,(H,34,36)(H,37,38)(H,39,40)/t28-/m0/s1. The number of amides is 1. The number of hydrogen-bond acceptors (Lipinski definition) is 12. The highest BCUT2D eigenvalue weighted by molar-refractivity contribution is 9.14. The van der Waals surface area contributed by atoms with Crippen molar-refractivity contribution in [3.8, 4) is 0 Å². The van der Waals surface area contributed by atoms with Crippen molar-refractivity contribution < 1.29 is 38.9 Å². The second kappa shape index (κ2) is 28.7. The van der Waals surface area contributed by atoms with Crippen LogP contribution in [-0.4, -0.2) is 74.1 Å². The summed E-state index contributed by atoms with van der Waals surface area (Å²) in [6.07, 6.45) is 20.8. The number of carbonyl (C=O) groups excluding carboxylic acids is 2. The highest BCUT2D eigenvalue weighted by atomic mass is 33.2. The number of unbranched alkanes of at least 4 members (excludes halogenated alkanes) is 14. The lowest BCUT2D eigenvalue weighted by atomic mass is 10.0. The lowest BCUT2D eigenvalue weighted by Gasteiger charge is -2.27. The molecular weight excluding hydrogens is 731 g/mol. The van der Waals surface area contributed by atoms with Crippen LogP contribution in [-0.2, 0) is 28.7 Å². The van der Waals surface area contributed by atoms with Crippen LogP contribution in [0.3, 0.4) is 0 Å². The molecule has 0 bridgehead atoms. The molecule has 2 rings (SSSR count). The Morgan fingerprint density at radius 1 is 0.604 bits per heavy atom. The molecule has 0 saturated carbocycles. The van der Waals surface area contributed by atoms with E-state index in [0.717, 1.165) is 44.9 Å². The molecule has 2 heterocycles. The largest absolute Gasteiger partial charge is 0.481 e. The number of ketones is 1. The minimum Gasteiger partial charge on any atom is -0.481 e. The van der Waals surface area contributed by atoms with E-state index in [1.54, 1.807) is 43.2 Å². The van der Waals surface area contributed by atoms with Crippen LogP contribution in [0.25, 0.3) is 0 Å². The molecule has 9 nitrogen and oxygen atoms in total. The van der Waals surface area contributed by atoms with Crippen LogP contribution < -0.4 is 5.32 Å². The topological polar surface area (TPSA) is 139 Å². The molecule has 0 aromatic carbocycles. The number of carbonyl (C=O) groups is 4. The van der Waals surface area contributed by atoms with Gasteiger partial charge in [-0.15, -0.1) is 0 Å². The Balaban J connectivity index is 1.26. The Hall–Kier alpha value is 0.100. The zero-order valence-corrected chi connectivity index (χ0v) is 33.2. The molecule has 0 unspecified atom stereocenters. The average Bonchev–Trinajstić information content (AvgIpc) is 3.82. The molecule has 1 amide bonds. The summed E-state index contributed by atoms with van der Waals surface area (Å²) in [5.74, 6) is -1.69. The third-order valence-electron chi connectivity index (χ3n) is 8.06. The number of nitrogens with one attached hydrogen (secondary N) is 1. The van der Waals surface area contributed by atoms with Crippen LogP contribution in [0.2, 0.25) is 0 Å². The van der Waals surface area contributed by atoms with Gasteiger partial charge < -0.3 is 25.0 Å². The molecule has 3 N–H and O–H groups in total. The van der Waals surface area contributed by atoms with Crippen molar-refractivity contribution in [2.45, 2.75) is 142 Å². The predicted molar refractivity (Wildman–Crippen MR) is 207 cm³/mol. The van der Waals surface area contributed by atoms with Gasteiger partial charge in [-0.3, -0.25) is 19.2 Å². The molecule has 15 heteroatoms. The van der Waals surface area contributed by atoms with Gasteiger partial charge in [0.2, 0.25) is 5.91 Å². The maximum atomic E-state index is 12.1. The summed E-state index contributed by atoms with van der Waals surface area (Å²) >= 11 is 0. The molecule has 0 aliphatic carbocycles. The molecule has 2 saturated heterocycles. The first-order valence-corrected chi connectivity index (χ1v) is 24.3. The van der Waals surface area contributed by atoms with E-state index in [2.05, 4.69) is 5.32 Å². The highest BCUT2D eigenvalue weighted by Gasteiger charge is 2.53. The Labute approximate surface area is 311 Å². The van der Waals surface area contributed by atoms with Crippen LogP contribution in [0.15, 0.2) is 0 Å². The van der Waals surface area contributed by atoms with E-state index in [-0.39, 0.29) is 25.8 Å². The monoisotopic (exact) mass is 787 g/mol. The van der Waals surface area contributed by atoms with Crippen molar-refractivity contribution >= 4 is 88.4 Å². The van der Waals surface area contributed by atoms with Gasteiger partial charge in [-0.2, -0.15) is 0 Å². The van der Waals surface area contributed by atoms with Crippen molar-refractivity contribution in [3.63, 3.8) is 0 Å². The second-order valence-corrected chi connectivity index (χ2v) is 21.9. The first kappa shape index (κ1) is 44.3. The fraction of sp³-hybridized carbons (Fsp3) is 0.879. The van der Waals surface area contributed by atoms with Crippen LogP contribution in [0, 0.1) is 5.92 Å². The Kier molecular flexibility index (Phi) is 26.4. The number of ether oxygens (including phenoxy) is 2. The normalized spacial score (nSPS) is 16.2. The maximum Gasteiger partial charge on any atom is 0.308 e. The van der Waals surface area contributed by atoms with Crippen molar-refractivity contribution in [2.24, 2.45) is 5.92 Å². The van der Waals surface area contributed by atoms with Gasteiger partial charge in [0.15, 0.2) is 2.74 Å². The minimum atomic E-state index is -0.744. The van der Waals surface area contributed by atoms with E-state index in [9.17, 15) is 24.3 Å². The second-order valence-electron chi connectivity index (χ2n) is 12.3. The van der Waals surface area contributed by atoms with Crippen LogP contribution in [0.1, 0.15) is 135 Å². The fourth-order valence-corrected chi connectivity index (χ4v) is 19.0. The summed E-state index contributed by atoms with van der Waals surface area (Å²) in [7, 11) is 10.6. The van der Waals surface area contributed by atoms with Gasteiger partial charge in [-0.1, -0.05) is 127 Å². The van der Waals surface area contributed by atoms with E-state index >= 15 is 0 Å². The molecule has 2 aliphatic heterocycles. The molecular formula is C33H57NO8S6. The van der Waals surface area contributed by atoms with E-state index < -0.39 is 11.9 Å². The number of carboxylic acids is 2. The molecule has 1 spiro atoms. The van der Waals surface area contributed by atoms with Crippen molar-refractivity contribution in [1.82, 2.24) is 5.32 Å². The summed E-state index contributed by atoms with van der Waals surface area (Å²) in [6, 6.07) is 0. The lowest BCUT2D eigenvalue weighted by Crippen LogP contribution is -2.29. The van der Waals surface area contributed by atoms with Gasteiger partial charge in [-0.25, -0.2) is 0 Å². The third-order valence-corrected chi connectivity index (χ3v) is 21.9. The van der Waals surface area contributed by atoms with Gasteiger partial charge in [0.25, 0.3) is 0 Å². The Bertz CT molecular complexity index is 903. The van der Waals surface area contributed by atoms with Gasteiger partial charge in [0.05, 0.1) is 23.7 Å². The molecule has 2 aliphatic rings. The van der Waals surface area contributed by atoms with E-state index in [0.29, 0.717) is 64.3 Å². The number of aliphatic carboxylic acids is 2. The minimum absolute atomic E-state index is 0.0267. The first-order chi connectivity index (χ1) is 23.3. The molecule has 1 atom stereocenters. The highest BCUT2D eigenvalue weighted by Crippen LogP contribution is 2.84. The quantitative estimate of drug-likeness (QED) is 0.0330. The third kappa shape index (κ3) is 23.6. The molecule has 0 radical (unpaired) electrons. The molecule has 0 aromatic heterocycles. The number of Topliss-reactive ketones (excluding diaryl/α,β-unsaturated/α-hetero) is 1. The fourth-order valence-electron chi connectivity index (χ4n) is 5.21. The molecule has 2 fully saturated rings. The number of carboxylic acid groups (broad SMARTS) is 2. The van der Waals surface area contributed by atoms with Crippen LogP contribution in [0.5, 0.6) is 0 Å². The Morgan fingerprint density at radius 2 is 1.12 bits per heavy atom. The number of hydrogen-bond donors (Lipinski definition) is 3. The van der Waals surface area contributed by atoms with Gasteiger partial charge in [0.1, 0.15) is 12.4 Å². The zero-order chi connectivity index (χ0) is 34.7. The lowest BCUT2D eigenvalue weighted by molar-refractivity contribution is -0.141. The zero-order valence-electron chi connectivity index (χ0n) is 28.3. The summed E-state index contributed by atoms with van der Waals surface area (Å²) < 4.78 is 11.1. The van der Waals surface area contributed by atoms with E-state index in [1.807, 2.05) is 21.6 Å². The summed E-state index contributed by atoms with van der Waals surface area (Å²) in [4.78, 5) is 46.4. The predicted octanol–water partition coefficient (Wildman–Crippen LogP) is 9.79. The van der Waals surface area contributed by atoms with Gasteiger partial charge >= 0.3 is 11.9 Å². The summed E-state index contributed by atoms with van der Waals surface area (Å²) in [5.41, 5.74) is 0. The van der Waals surface area contributed by atoms with Gasteiger partial charge in [-0.05, 0) is 53.7 Å². The molecule has 278 valence electrons. The molecule has 0 aromatic rings. The smallest absolute Gasteiger partial charge is 0.308 e. The summed E-state index contributed by atoms with van der Waals surface area (Å²) in [5, 5.41) is 21.1. The van der Waals surface area contributed by atoms with Crippen molar-refractivity contribution in [2.75, 3.05) is 33.0 Å². The Morgan fingerprint density at radius 3 is 1.67 bits per heavy atom. The van der Waals surface area contributed by atoms with Crippen LogP contribution >= 0.6 is 64.8 Å². The van der Waals surface area contributed by atoms with Gasteiger partial charge in [0, 0.05) is 32.4 Å². The first-order valence-electron chi connectivity index (χ1n) is 17.8. The van der Waals surface area contributed by atoms with E-state index in [1.165, 1.54) is 57.8 Å². The van der Waals surface area contributed by atoms with E-state index in [4.69, 9.17) is 14.6 Å². The summed E-state index contributed by atoms with van der Waals surface area (Å²) in [6.45, 7) is 1.71.